The number of hydrogen-bond acceptors (Lipinski definition) is 4. The summed E-state index contributed by atoms with van der Waals surface area (Å²) in [6.07, 6.45) is -0.420. The van der Waals surface area contributed by atoms with E-state index < -0.39 is 6.10 Å². The quantitative estimate of drug-likeness (QED) is 0.841. The number of ether oxygens (including phenoxy) is 1. The van der Waals surface area contributed by atoms with Gasteiger partial charge in [-0.15, -0.1) is 0 Å². The number of nitrogens with zero attached hydrogens (tertiary/aromatic N) is 2. The van der Waals surface area contributed by atoms with Crippen molar-refractivity contribution in [3.63, 3.8) is 0 Å². The van der Waals surface area contributed by atoms with Gasteiger partial charge in [0, 0.05) is 38.8 Å². The number of benzene rings is 2. The van der Waals surface area contributed by atoms with Gasteiger partial charge >= 0.3 is 0 Å². The van der Waals surface area contributed by atoms with Crippen LogP contribution in [0.1, 0.15) is 18.6 Å². The van der Waals surface area contributed by atoms with Crippen molar-refractivity contribution in [2.75, 3.05) is 39.3 Å². The van der Waals surface area contributed by atoms with Gasteiger partial charge in [0.25, 0.3) is 0 Å². The second-order valence-corrected chi connectivity index (χ2v) is 6.73. The number of aliphatic hydroxyl groups is 1. The highest BCUT2D eigenvalue weighted by Crippen LogP contribution is 2.18. The maximum atomic E-state index is 10.4. The van der Waals surface area contributed by atoms with E-state index in [1.165, 1.54) is 0 Å². The van der Waals surface area contributed by atoms with Gasteiger partial charge in [-0.1, -0.05) is 48.5 Å². The van der Waals surface area contributed by atoms with E-state index in [9.17, 15) is 5.11 Å². The third-order valence-electron chi connectivity index (χ3n) is 4.86. The van der Waals surface area contributed by atoms with Gasteiger partial charge in [0.05, 0.1) is 6.10 Å². The van der Waals surface area contributed by atoms with E-state index in [1.54, 1.807) is 0 Å². The van der Waals surface area contributed by atoms with E-state index in [4.69, 9.17) is 4.74 Å². The highest BCUT2D eigenvalue weighted by molar-refractivity contribution is 5.21. The van der Waals surface area contributed by atoms with Crippen LogP contribution in [0.25, 0.3) is 0 Å². The molecule has 1 aliphatic rings. The molecule has 1 fully saturated rings. The lowest BCUT2D eigenvalue weighted by Gasteiger charge is -2.40. The first-order chi connectivity index (χ1) is 12.2. The summed E-state index contributed by atoms with van der Waals surface area (Å²) in [5, 5.41) is 10.4. The predicted molar refractivity (Wildman–Crippen MR) is 101 cm³/mol. The molecule has 0 bridgehead atoms. The van der Waals surface area contributed by atoms with Crippen LogP contribution in [0, 0.1) is 0 Å². The first-order valence-corrected chi connectivity index (χ1v) is 9.09. The number of β-amino-alcohol motifs (C(OH)–C–C–N with tert-alkyl or cyclic N) is 1. The van der Waals surface area contributed by atoms with Gasteiger partial charge in [0.1, 0.15) is 12.4 Å². The predicted octanol–water partition coefficient (Wildman–Crippen LogP) is 2.81. The van der Waals surface area contributed by atoms with Crippen LogP contribution in [0.15, 0.2) is 60.7 Å². The molecule has 2 atom stereocenters. The van der Waals surface area contributed by atoms with Crippen LogP contribution >= 0.6 is 0 Å². The van der Waals surface area contributed by atoms with Gasteiger partial charge in [0.15, 0.2) is 0 Å². The molecule has 1 N–H and O–H groups in total. The second-order valence-electron chi connectivity index (χ2n) is 6.73. The average Bonchev–Trinajstić information content (AvgIpc) is 2.65. The Kier molecular flexibility index (Phi) is 6.45. The van der Waals surface area contributed by atoms with Crippen LogP contribution in [-0.2, 0) is 0 Å². The second kappa shape index (κ2) is 8.99. The minimum atomic E-state index is -0.420. The molecule has 0 aliphatic carbocycles. The molecule has 0 spiro atoms. The Morgan fingerprint density at radius 2 is 1.72 bits per heavy atom. The zero-order valence-corrected chi connectivity index (χ0v) is 14.9. The zero-order valence-electron chi connectivity index (χ0n) is 14.9. The Bertz CT molecular complexity index is 620. The zero-order chi connectivity index (χ0) is 17.5. The van der Waals surface area contributed by atoms with E-state index in [1.807, 2.05) is 60.7 Å². The number of piperazine rings is 1. The SMILES string of the molecule is C[C@H]1CN(CCOc2ccccc2)CCN1C[C@@H](O)c1ccccc1. The molecule has 1 saturated heterocycles. The highest BCUT2D eigenvalue weighted by Gasteiger charge is 2.25. The maximum absolute atomic E-state index is 10.4. The van der Waals surface area contributed by atoms with E-state index in [-0.39, 0.29) is 0 Å². The fraction of sp³-hybridized carbons (Fsp3) is 0.429. The Balaban J connectivity index is 1.41. The molecule has 0 unspecified atom stereocenters. The molecule has 0 radical (unpaired) electrons. The highest BCUT2D eigenvalue weighted by atomic mass is 16.5. The fourth-order valence-corrected chi connectivity index (χ4v) is 3.36. The molecule has 0 amide bonds. The van der Waals surface area contributed by atoms with E-state index >= 15 is 0 Å². The molecular formula is C21H28N2O2. The average molecular weight is 340 g/mol. The number of para-hydroxylation sites is 1. The van der Waals surface area contributed by atoms with Crippen LogP contribution in [-0.4, -0.2) is 60.3 Å². The lowest BCUT2D eigenvalue weighted by atomic mass is 10.1. The first-order valence-electron chi connectivity index (χ1n) is 9.09. The Morgan fingerprint density at radius 3 is 2.40 bits per heavy atom. The van der Waals surface area contributed by atoms with Gasteiger partial charge in [-0.05, 0) is 24.6 Å². The van der Waals surface area contributed by atoms with E-state index in [0.717, 1.165) is 37.5 Å². The Labute approximate surface area is 150 Å². The van der Waals surface area contributed by atoms with Crippen LogP contribution in [0.5, 0.6) is 5.75 Å². The maximum Gasteiger partial charge on any atom is 0.119 e. The normalized spacial score (nSPS) is 20.3. The minimum Gasteiger partial charge on any atom is -0.492 e. The number of hydrogen-bond donors (Lipinski definition) is 1. The van der Waals surface area contributed by atoms with Gasteiger partial charge in [-0.3, -0.25) is 9.80 Å². The molecule has 1 aliphatic heterocycles. The summed E-state index contributed by atoms with van der Waals surface area (Å²) in [6, 6.07) is 20.3. The number of aliphatic hydroxyl groups excluding tert-OH is 1. The molecule has 2 aromatic rings. The molecule has 0 aromatic heterocycles. The molecule has 0 saturated carbocycles. The van der Waals surface area contributed by atoms with Crippen LogP contribution in [0.2, 0.25) is 0 Å². The van der Waals surface area contributed by atoms with E-state index in [2.05, 4.69) is 16.7 Å². The molecule has 3 rings (SSSR count). The van der Waals surface area contributed by atoms with Crippen molar-refractivity contribution in [1.29, 1.82) is 0 Å². The van der Waals surface area contributed by atoms with Gasteiger partial charge in [0.2, 0.25) is 0 Å². The summed E-state index contributed by atoms with van der Waals surface area (Å²) >= 11 is 0. The standard InChI is InChI=1S/C21H28N2O2/c1-18-16-22(14-15-25-20-10-6-3-7-11-20)12-13-23(18)17-21(24)19-8-4-2-5-9-19/h2-11,18,21,24H,12-17H2,1H3/t18-,21+/m0/s1. The largest absolute Gasteiger partial charge is 0.492 e. The van der Waals surface area contributed by atoms with Crippen molar-refractivity contribution in [3.05, 3.63) is 66.2 Å². The van der Waals surface area contributed by atoms with E-state index in [0.29, 0.717) is 19.2 Å². The summed E-state index contributed by atoms with van der Waals surface area (Å²) in [4.78, 5) is 4.82. The van der Waals surface area contributed by atoms with Crippen LogP contribution in [0.3, 0.4) is 0 Å². The molecular weight excluding hydrogens is 312 g/mol. The summed E-state index contributed by atoms with van der Waals surface area (Å²) in [6.45, 7) is 7.60. The fourth-order valence-electron chi connectivity index (χ4n) is 3.36. The first kappa shape index (κ1) is 17.9. The van der Waals surface area contributed by atoms with Gasteiger partial charge in [-0.25, -0.2) is 0 Å². The van der Waals surface area contributed by atoms with Crippen LogP contribution < -0.4 is 4.74 Å². The smallest absolute Gasteiger partial charge is 0.119 e. The summed E-state index contributed by atoms with van der Waals surface area (Å²) in [7, 11) is 0. The van der Waals surface area contributed by atoms with Gasteiger partial charge < -0.3 is 9.84 Å². The lowest BCUT2D eigenvalue weighted by molar-refractivity contribution is 0.0347. The molecule has 25 heavy (non-hydrogen) atoms. The Morgan fingerprint density at radius 1 is 1.04 bits per heavy atom. The minimum absolute atomic E-state index is 0.420. The topological polar surface area (TPSA) is 35.9 Å². The van der Waals surface area contributed by atoms with Gasteiger partial charge in [-0.2, -0.15) is 0 Å². The molecule has 4 heteroatoms. The molecule has 4 nitrogen and oxygen atoms in total. The third-order valence-corrected chi connectivity index (χ3v) is 4.86. The molecule has 1 heterocycles. The Hall–Kier alpha value is -1.88. The van der Waals surface area contributed by atoms with Crippen molar-refractivity contribution >= 4 is 0 Å². The van der Waals surface area contributed by atoms with Crippen molar-refractivity contribution in [2.45, 2.75) is 19.1 Å². The van der Waals surface area contributed by atoms with Crippen molar-refractivity contribution in [3.8, 4) is 5.75 Å². The van der Waals surface area contributed by atoms with Crippen molar-refractivity contribution < 1.29 is 9.84 Å². The summed E-state index contributed by atoms with van der Waals surface area (Å²) in [5.41, 5.74) is 0.994. The molecule has 134 valence electrons. The van der Waals surface area contributed by atoms with Crippen LogP contribution in [0.4, 0.5) is 0 Å². The summed E-state index contributed by atoms with van der Waals surface area (Å²) in [5.74, 6) is 0.931. The number of rotatable bonds is 7. The lowest BCUT2D eigenvalue weighted by Crippen LogP contribution is -2.53. The summed E-state index contributed by atoms with van der Waals surface area (Å²) < 4.78 is 5.80. The monoisotopic (exact) mass is 340 g/mol. The molecule has 2 aromatic carbocycles. The van der Waals surface area contributed by atoms with Crippen molar-refractivity contribution in [1.82, 2.24) is 9.80 Å². The third kappa shape index (κ3) is 5.30. The van der Waals surface area contributed by atoms with Crippen molar-refractivity contribution in [2.24, 2.45) is 0 Å².